The van der Waals surface area contributed by atoms with Gasteiger partial charge in [0.05, 0.1) is 16.1 Å². The summed E-state index contributed by atoms with van der Waals surface area (Å²) in [6.07, 6.45) is 1.54. The van der Waals surface area contributed by atoms with Gasteiger partial charge in [-0.1, -0.05) is 11.6 Å². The number of nitriles is 1. The molecule has 0 amide bonds. The fourth-order valence-corrected chi connectivity index (χ4v) is 2.51. The molecule has 0 N–H and O–H groups in total. The lowest BCUT2D eigenvalue weighted by Crippen LogP contribution is -2.21. The van der Waals surface area contributed by atoms with Gasteiger partial charge in [-0.25, -0.2) is 0 Å². The zero-order valence-electron chi connectivity index (χ0n) is 11.4. The summed E-state index contributed by atoms with van der Waals surface area (Å²) in [6.45, 7) is 8.13. The van der Waals surface area contributed by atoms with Crippen LogP contribution in [0.25, 0.3) is 10.9 Å². The topological polar surface area (TPSA) is 39.9 Å². The summed E-state index contributed by atoms with van der Waals surface area (Å²) in [6, 6.07) is 6.21. The average molecular weight is 274 g/mol. The second-order valence-electron chi connectivity index (χ2n) is 4.43. The van der Waals surface area contributed by atoms with Crippen LogP contribution in [0, 0.1) is 18.3 Å². The number of aromatic nitrogens is 1. The minimum atomic E-state index is 0.422. The number of halogens is 1. The van der Waals surface area contributed by atoms with Gasteiger partial charge in [0.15, 0.2) is 0 Å². The predicted molar refractivity (Wildman–Crippen MR) is 79.8 cm³/mol. The molecule has 0 fully saturated rings. The summed E-state index contributed by atoms with van der Waals surface area (Å²) >= 11 is 6.30. The van der Waals surface area contributed by atoms with Gasteiger partial charge in [0, 0.05) is 30.4 Å². The van der Waals surface area contributed by atoms with E-state index in [1.807, 2.05) is 13.0 Å². The standard InChI is InChI=1S/C15H16ClN3/c1-4-19(5-2)12-6-10(3)15-13(7-12)14(16)11(8-17)9-18-15/h6-7,9H,4-5H2,1-3H3. The van der Waals surface area contributed by atoms with Crippen molar-refractivity contribution in [1.82, 2.24) is 4.98 Å². The smallest absolute Gasteiger partial charge is 0.102 e. The molecule has 3 nitrogen and oxygen atoms in total. The Morgan fingerprint density at radius 1 is 1.32 bits per heavy atom. The van der Waals surface area contributed by atoms with Gasteiger partial charge in [-0.05, 0) is 38.5 Å². The van der Waals surface area contributed by atoms with Crippen molar-refractivity contribution in [3.63, 3.8) is 0 Å². The zero-order chi connectivity index (χ0) is 14.0. The van der Waals surface area contributed by atoms with Gasteiger partial charge in [-0.3, -0.25) is 4.98 Å². The quantitative estimate of drug-likeness (QED) is 0.851. The summed E-state index contributed by atoms with van der Waals surface area (Å²) < 4.78 is 0. The lowest BCUT2D eigenvalue weighted by atomic mass is 10.1. The number of benzene rings is 1. The molecule has 0 aliphatic carbocycles. The first-order valence-corrected chi connectivity index (χ1v) is 6.74. The Hall–Kier alpha value is -1.79. The van der Waals surface area contributed by atoms with Crippen molar-refractivity contribution in [3.8, 4) is 6.07 Å². The number of nitrogens with zero attached hydrogens (tertiary/aromatic N) is 3. The highest BCUT2D eigenvalue weighted by molar-refractivity contribution is 6.36. The molecular weight excluding hydrogens is 258 g/mol. The van der Waals surface area contributed by atoms with Crippen molar-refractivity contribution in [2.45, 2.75) is 20.8 Å². The van der Waals surface area contributed by atoms with Crippen LogP contribution in [0.4, 0.5) is 5.69 Å². The Morgan fingerprint density at radius 3 is 2.58 bits per heavy atom. The third-order valence-electron chi connectivity index (χ3n) is 3.33. The van der Waals surface area contributed by atoms with E-state index in [0.717, 1.165) is 35.2 Å². The lowest BCUT2D eigenvalue weighted by molar-refractivity contribution is 0.866. The van der Waals surface area contributed by atoms with Gasteiger partial charge in [0.25, 0.3) is 0 Å². The van der Waals surface area contributed by atoms with Gasteiger partial charge < -0.3 is 4.90 Å². The first-order valence-electron chi connectivity index (χ1n) is 6.36. The molecule has 0 spiro atoms. The van der Waals surface area contributed by atoms with Crippen LogP contribution in [-0.2, 0) is 0 Å². The minimum absolute atomic E-state index is 0.422. The molecule has 2 rings (SSSR count). The second-order valence-corrected chi connectivity index (χ2v) is 4.81. The Bertz CT molecular complexity index is 654. The van der Waals surface area contributed by atoms with Crippen LogP contribution >= 0.6 is 11.6 Å². The van der Waals surface area contributed by atoms with E-state index in [2.05, 4.69) is 35.9 Å². The van der Waals surface area contributed by atoms with E-state index in [1.165, 1.54) is 6.20 Å². The van der Waals surface area contributed by atoms with Crippen LogP contribution in [0.15, 0.2) is 18.3 Å². The Morgan fingerprint density at radius 2 is 2.00 bits per heavy atom. The summed E-state index contributed by atoms with van der Waals surface area (Å²) in [5.74, 6) is 0. The van der Waals surface area contributed by atoms with Crippen molar-refractivity contribution in [3.05, 3.63) is 34.5 Å². The van der Waals surface area contributed by atoms with Crippen molar-refractivity contribution >= 4 is 28.2 Å². The molecule has 2 aromatic rings. The summed E-state index contributed by atoms with van der Waals surface area (Å²) in [5.41, 5.74) is 3.48. The molecule has 0 saturated carbocycles. The van der Waals surface area contributed by atoms with Crippen LogP contribution in [0.1, 0.15) is 25.0 Å². The molecule has 19 heavy (non-hydrogen) atoms. The molecular formula is C15H16ClN3. The molecule has 0 atom stereocenters. The number of aryl methyl sites for hydroxylation is 1. The van der Waals surface area contributed by atoms with E-state index in [4.69, 9.17) is 16.9 Å². The fourth-order valence-electron chi connectivity index (χ4n) is 2.28. The van der Waals surface area contributed by atoms with Gasteiger partial charge in [-0.15, -0.1) is 0 Å². The maximum absolute atomic E-state index is 9.03. The molecule has 1 heterocycles. The second kappa shape index (κ2) is 5.46. The Kier molecular flexibility index (Phi) is 3.92. The molecule has 0 bridgehead atoms. The monoisotopic (exact) mass is 273 g/mol. The molecule has 0 aliphatic rings. The normalized spacial score (nSPS) is 10.5. The van der Waals surface area contributed by atoms with E-state index >= 15 is 0 Å². The number of pyridine rings is 1. The third-order valence-corrected chi connectivity index (χ3v) is 3.74. The van der Waals surface area contributed by atoms with E-state index < -0.39 is 0 Å². The highest BCUT2D eigenvalue weighted by atomic mass is 35.5. The maximum atomic E-state index is 9.03. The fraction of sp³-hybridized carbons (Fsp3) is 0.333. The SMILES string of the molecule is CCN(CC)c1cc(C)c2ncc(C#N)c(Cl)c2c1. The molecule has 0 radical (unpaired) electrons. The molecule has 0 unspecified atom stereocenters. The molecule has 0 saturated heterocycles. The van der Waals surface area contributed by atoms with Gasteiger partial charge in [-0.2, -0.15) is 5.26 Å². The molecule has 98 valence electrons. The molecule has 1 aromatic heterocycles. The van der Waals surface area contributed by atoms with Crippen LogP contribution in [-0.4, -0.2) is 18.1 Å². The maximum Gasteiger partial charge on any atom is 0.102 e. The summed E-state index contributed by atoms with van der Waals surface area (Å²) in [4.78, 5) is 6.59. The number of anilines is 1. The van der Waals surface area contributed by atoms with Gasteiger partial charge >= 0.3 is 0 Å². The van der Waals surface area contributed by atoms with Crippen molar-refractivity contribution < 1.29 is 0 Å². The van der Waals surface area contributed by atoms with E-state index in [9.17, 15) is 0 Å². The number of rotatable bonds is 3. The summed E-state index contributed by atoms with van der Waals surface area (Å²) in [5, 5.41) is 10.4. The molecule has 0 aliphatic heterocycles. The Labute approximate surface area is 118 Å². The third kappa shape index (κ3) is 2.36. The predicted octanol–water partition coefficient (Wildman–Crippen LogP) is 3.91. The van der Waals surface area contributed by atoms with Crippen molar-refractivity contribution in [1.29, 1.82) is 5.26 Å². The summed E-state index contributed by atoms with van der Waals surface area (Å²) in [7, 11) is 0. The number of fused-ring (bicyclic) bond motifs is 1. The highest BCUT2D eigenvalue weighted by Gasteiger charge is 2.11. The Balaban J connectivity index is 2.73. The van der Waals surface area contributed by atoms with Crippen LogP contribution in [0.2, 0.25) is 5.02 Å². The minimum Gasteiger partial charge on any atom is -0.372 e. The molecule has 1 aromatic carbocycles. The first kappa shape index (κ1) is 13.6. The number of hydrogen-bond acceptors (Lipinski definition) is 3. The zero-order valence-corrected chi connectivity index (χ0v) is 12.1. The molecule has 4 heteroatoms. The van der Waals surface area contributed by atoms with E-state index in [0.29, 0.717) is 10.6 Å². The van der Waals surface area contributed by atoms with Gasteiger partial charge in [0.1, 0.15) is 6.07 Å². The van der Waals surface area contributed by atoms with Crippen LogP contribution in [0.5, 0.6) is 0 Å². The van der Waals surface area contributed by atoms with E-state index in [-0.39, 0.29) is 0 Å². The highest BCUT2D eigenvalue weighted by Crippen LogP contribution is 2.31. The van der Waals surface area contributed by atoms with E-state index in [1.54, 1.807) is 0 Å². The largest absolute Gasteiger partial charge is 0.372 e. The van der Waals surface area contributed by atoms with Gasteiger partial charge in [0.2, 0.25) is 0 Å². The number of hydrogen-bond donors (Lipinski definition) is 0. The van der Waals surface area contributed by atoms with Crippen LogP contribution < -0.4 is 4.90 Å². The lowest BCUT2D eigenvalue weighted by Gasteiger charge is -2.22. The first-order chi connectivity index (χ1) is 9.12. The van der Waals surface area contributed by atoms with Crippen molar-refractivity contribution in [2.75, 3.05) is 18.0 Å². The average Bonchev–Trinajstić information content (AvgIpc) is 2.41. The van der Waals surface area contributed by atoms with Crippen molar-refractivity contribution in [2.24, 2.45) is 0 Å². The van der Waals surface area contributed by atoms with Crippen LogP contribution in [0.3, 0.4) is 0 Å².